The molecule has 2 heteroatoms. The van der Waals surface area contributed by atoms with Crippen molar-refractivity contribution >= 4 is 5.69 Å². The van der Waals surface area contributed by atoms with Gasteiger partial charge in [-0.3, -0.25) is 4.98 Å². The summed E-state index contributed by atoms with van der Waals surface area (Å²) < 4.78 is 0. The molecular formula is C9H14N2. The minimum atomic E-state index is 0.820. The highest BCUT2D eigenvalue weighted by Gasteiger charge is 1.95. The maximum atomic E-state index is 5.70. The molecule has 2 N–H and O–H groups in total. The summed E-state index contributed by atoms with van der Waals surface area (Å²) in [5, 5.41) is 0. The first-order valence-electron chi connectivity index (χ1n) is 4.03. The van der Waals surface area contributed by atoms with E-state index in [0.717, 1.165) is 12.1 Å². The zero-order chi connectivity index (χ0) is 8.10. The first kappa shape index (κ1) is 8.05. The Hall–Kier alpha value is -1.05. The highest BCUT2D eigenvalue weighted by Crippen LogP contribution is 2.11. The molecule has 0 atom stereocenters. The molecule has 0 aliphatic heterocycles. The SMILES string of the molecule is CCCCc1ccncc1N. The quantitative estimate of drug-likeness (QED) is 0.715. The van der Waals surface area contributed by atoms with Gasteiger partial charge in [-0.15, -0.1) is 0 Å². The van der Waals surface area contributed by atoms with Gasteiger partial charge in [0.25, 0.3) is 0 Å². The van der Waals surface area contributed by atoms with Crippen molar-refractivity contribution < 1.29 is 0 Å². The maximum absolute atomic E-state index is 5.70. The second-order valence-electron chi connectivity index (χ2n) is 2.68. The molecule has 1 rings (SSSR count). The van der Waals surface area contributed by atoms with Crippen LogP contribution in [0, 0.1) is 0 Å². The van der Waals surface area contributed by atoms with Gasteiger partial charge in [-0.25, -0.2) is 0 Å². The monoisotopic (exact) mass is 150 g/mol. The van der Waals surface area contributed by atoms with Crippen LogP contribution in [-0.2, 0) is 6.42 Å². The van der Waals surface area contributed by atoms with Gasteiger partial charge in [0.1, 0.15) is 0 Å². The molecule has 60 valence electrons. The predicted octanol–water partition coefficient (Wildman–Crippen LogP) is 2.01. The van der Waals surface area contributed by atoms with Gasteiger partial charge in [-0.1, -0.05) is 13.3 Å². The Balaban J connectivity index is 2.62. The van der Waals surface area contributed by atoms with Crippen molar-refractivity contribution in [3.05, 3.63) is 24.0 Å². The van der Waals surface area contributed by atoms with Gasteiger partial charge in [-0.2, -0.15) is 0 Å². The number of hydrogen-bond donors (Lipinski definition) is 1. The molecular weight excluding hydrogens is 136 g/mol. The Morgan fingerprint density at radius 1 is 1.55 bits per heavy atom. The van der Waals surface area contributed by atoms with Gasteiger partial charge in [0.2, 0.25) is 0 Å². The minimum absolute atomic E-state index is 0.820. The Kier molecular flexibility index (Phi) is 2.90. The largest absolute Gasteiger partial charge is 0.397 e. The molecule has 0 saturated carbocycles. The molecule has 2 nitrogen and oxygen atoms in total. The summed E-state index contributed by atoms with van der Waals surface area (Å²) in [5.74, 6) is 0. The van der Waals surface area contributed by atoms with E-state index in [9.17, 15) is 0 Å². The minimum Gasteiger partial charge on any atom is -0.397 e. The van der Waals surface area contributed by atoms with Crippen molar-refractivity contribution in [3.63, 3.8) is 0 Å². The first-order valence-corrected chi connectivity index (χ1v) is 4.03. The van der Waals surface area contributed by atoms with E-state index < -0.39 is 0 Å². The normalized spacial score (nSPS) is 9.91. The van der Waals surface area contributed by atoms with Crippen LogP contribution in [-0.4, -0.2) is 4.98 Å². The number of aromatic nitrogens is 1. The van der Waals surface area contributed by atoms with Crippen molar-refractivity contribution in [1.29, 1.82) is 0 Å². The third-order valence-electron chi connectivity index (χ3n) is 1.75. The van der Waals surface area contributed by atoms with Gasteiger partial charge in [0, 0.05) is 6.20 Å². The molecule has 0 aliphatic carbocycles. The maximum Gasteiger partial charge on any atom is 0.0533 e. The van der Waals surface area contributed by atoms with Gasteiger partial charge < -0.3 is 5.73 Å². The lowest BCUT2D eigenvalue weighted by Gasteiger charge is -2.01. The second-order valence-corrected chi connectivity index (χ2v) is 2.68. The Bertz CT molecular complexity index is 221. The fraction of sp³-hybridized carbons (Fsp3) is 0.444. The Morgan fingerprint density at radius 2 is 2.36 bits per heavy atom. The van der Waals surface area contributed by atoms with Crippen molar-refractivity contribution in [2.75, 3.05) is 5.73 Å². The average molecular weight is 150 g/mol. The van der Waals surface area contributed by atoms with Gasteiger partial charge >= 0.3 is 0 Å². The number of nitrogens with zero attached hydrogens (tertiary/aromatic N) is 1. The van der Waals surface area contributed by atoms with E-state index in [0.29, 0.717) is 0 Å². The number of pyridine rings is 1. The zero-order valence-corrected chi connectivity index (χ0v) is 6.88. The molecule has 0 unspecified atom stereocenters. The summed E-state index contributed by atoms with van der Waals surface area (Å²) in [6.07, 6.45) is 6.99. The molecule has 0 bridgehead atoms. The van der Waals surface area contributed by atoms with E-state index in [-0.39, 0.29) is 0 Å². The first-order chi connectivity index (χ1) is 5.34. The lowest BCUT2D eigenvalue weighted by Crippen LogP contribution is -1.94. The standard InChI is InChI=1S/C9H14N2/c1-2-3-4-8-5-6-11-7-9(8)10/h5-7H,2-4,10H2,1H3. The van der Waals surface area contributed by atoms with Crippen molar-refractivity contribution in [2.45, 2.75) is 26.2 Å². The summed E-state index contributed by atoms with van der Waals surface area (Å²) in [6, 6.07) is 1.99. The van der Waals surface area contributed by atoms with Crippen LogP contribution in [0.1, 0.15) is 25.3 Å². The van der Waals surface area contributed by atoms with Crippen LogP contribution in [0.3, 0.4) is 0 Å². The molecule has 0 aliphatic rings. The predicted molar refractivity (Wildman–Crippen MR) is 47.3 cm³/mol. The molecule has 0 saturated heterocycles. The fourth-order valence-electron chi connectivity index (χ4n) is 1.03. The summed E-state index contributed by atoms with van der Waals surface area (Å²) in [7, 11) is 0. The van der Waals surface area contributed by atoms with E-state index in [4.69, 9.17) is 5.73 Å². The van der Waals surface area contributed by atoms with Crippen molar-refractivity contribution in [1.82, 2.24) is 4.98 Å². The summed E-state index contributed by atoms with van der Waals surface area (Å²) in [5.41, 5.74) is 7.74. The highest BCUT2D eigenvalue weighted by atomic mass is 14.7. The van der Waals surface area contributed by atoms with Crippen LogP contribution >= 0.6 is 0 Å². The lowest BCUT2D eigenvalue weighted by molar-refractivity contribution is 0.795. The molecule has 0 amide bonds. The summed E-state index contributed by atoms with van der Waals surface area (Å²) in [4.78, 5) is 3.93. The van der Waals surface area contributed by atoms with E-state index in [1.165, 1.54) is 18.4 Å². The van der Waals surface area contributed by atoms with Crippen LogP contribution in [0.25, 0.3) is 0 Å². The molecule has 1 aromatic heterocycles. The Morgan fingerprint density at radius 3 is 3.00 bits per heavy atom. The number of rotatable bonds is 3. The number of nitrogens with two attached hydrogens (primary N) is 1. The molecule has 0 aromatic carbocycles. The third-order valence-corrected chi connectivity index (χ3v) is 1.75. The summed E-state index contributed by atoms with van der Waals surface area (Å²) >= 11 is 0. The summed E-state index contributed by atoms with van der Waals surface area (Å²) in [6.45, 7) is 2.18. The van der Waals surface area contributed by atoms with E-state index in [1.54, 1.807) is 12.4 Å². The number of nitrogen functional groups attached to an aromatic ring is 1. The second kappa shape index (κ2) is 3.96. The van der Waals surface area contributed by atoms with Crippen molar-refractivity contribution in [3.8, 4) is 0 Å². The smallest absolute Gasteiger partial charge is 0.0533 e. The molecule has 11 heavy (non-hydrogen) atoms. The molecule has 0 spiro atoms. The van der Waals surface area contributed by atoms with Gasteiger partial charge in [0.15, 0.2) is 0 Å². The van der Waals surface area contributed by atoms with Crippen LogP contribution in [0.5, 0.6) is 0 Å². The van der Waals surface area contributed by atoms with E-state index >= 15 is 0 Å². The molecule has 1 aromatic rings. The van der Waals surface area contributed by atoms with Gasteiger partial charge in [-0.05, 0) is 24.5 Å². The topological polar surface area (TPSA) is 38.9 Å². The zero-order valence-electron chi connectivity index (χ0n) is 6.88. The van der Waals surface area contributed by atoms with Crippen molar-refractivity contribution in [2.24, 2.45) is 0 Å². The number of anilines is 1. The Labute approximate surface area is 67.5 Å². The van der Waals surface area contributed by atoms with E-state index in [2.05, 4.69) is 11.9 Å². The van der Waals surface area contributed by atoms with Gasteiger partial charge in [0.05, 0.1) is 11.9 Å². The fourth-order valence-corrected chi connectivity index (χ4v) is 1.03. The van der Waals surface area contributed by atoms with Crippen LogP contribution in [0.4, 0.5) is 5.69 Å². The number of aryl methyl sites for hydroxylation is 1. The van der Waals surface area contributed by atoms with Crippen LogP contribution in [0.2, 0.25) is 0 Å². The lowest BCUT2D eigenvalue weighted by atomic mass is 10.1. The average Bonchev–Trinajstić information content (AvgIpc) is 2.03. The molecule has 0 radical (unpaired) electrons. The molecule has 1 heterocycles. The van der Waals surface area contributed by atoms with Crippen LogP contribution < -0.4 is 5.73 Å². The number of unbranched alkanes of at least 4 members (excludes halogenated alkanes) is 1. The molecule has 0 fully saturated rings. The van der Waals surface area contributed by atoms with Crippen LogP contribution in [0.15, 0.2) is 18.5 Å². The number of hydrogen-bond acceptors (Lipinski definition) is 2. The van der Waals surface area contributed by atoms with E-state index in [1.807, 2.05) is 6.07 Å². The highest BCUT2D eigenvalue weighted by molar-refractivity contribution is 5.43. The third kappa shape index (κ3) is 2.22.